The van der Waals surface area contributed by atoms with Crippen LogP contribution in [0.5, 0.6) is 5.75 Å². The van der Waals surface area contributed by atoms with Gasteiger partial charge in [0.05, 0.1) is 13.0 Å². The van der Waals surface area contributed by atoms with E-state index in [0.29, 0.717) is 6.54 Å². The Labute approximate surface area is 125 Å². The van der Waals surface area contributed by atoms with E-state index in [1.807, 2.05) is 0 Å². The Balaban J connectivity index is 1.68. The van der Waals surface area contributed by atoms with E-state index in [2.05, 4.69) is 37.4 Å². The second-order valence-corrected chi connectivity index (χ2v) is 7.06. The van der Waals surface area contributed by atoms with Gasteiger partial charge in [-0.15, -0.1) is 0 Å². The topological polar surface area (TPSA) is 58.6 Å². The summed E-state index contributed by atoms with van der Waals surface area (Å²) >= 11 is 0. The summed E-state index contributed by atoms with van der Waals surface area (Å²) in [6.07, 6.45) is 3.23. The molecule has 1 heterocycles. The van der Waals surface area contributed by atoms with Gasteiger partial charge in [0.15, 0.2) is 0 Å². The zero-order valence-corrected chi connectivity index (χ0v) is 12.7. The molecular weight excluding hydrogens is 266 g/mol. The molecule has 2 N–H and O–H groups in total. The molecule has 0 radical (unpaired) electrons. The first-order valence-electron chi connectivity index (χ1n) is 7.63. The molecule has 1 aliphatic carbocycles. The smallest absolute Gasteiger partial charge is 0.305 e. The summed E-state index contributed by atoms with van der Waals surface area (Å²) in [4.78, 5) is 11.0. The maximum Gasteiger partial charge on any atom is 0.305 e. The minimum absolute atomic E-state index is 0.0831. The van der Waals surface area contributed by atoms with Gasteiger partial charge >= 0.3 is 5.97 Å². The van der Waals surface area contributed by atoms with Crippen molar-refractivity contribution in [3.05, 3.63) is 29.3 Å². The lowest BCUT2D eigenvalue weighted by atomic mass is 9.74. The molecule has 4 heteroatoms. The van der Waals surface area contributed by atoms with Crippen molar-refractivity contribution in [3.63, 3.8) is 0 Å². The molecule has 114 valence electrons. The van der Waals surface area contributed by atoms with Gasteiger partial charge in [-0.25, -0.2) is 0 Å². The molecule has 2 aliphatic rings. The number of rotatable bonds is 5. The number of carboxylic acids is 1. The first kappa shape index (κ1) is 14.4. The minimum Gasteiger partial charge on any atom is -0.492 e. The van der Waals surface area contributed by atoms with Gasteiger partial charge in [-0.3, -0.25) is 4.79 Å². The van der Waals surface area contributed by atoms with E-state index in [-0.39, 0.29) is 17.4 Å². The number of benzene rings is 1. The highest BCUT2D eigenvalue weighted by atomic mass is 16.5. The van der Waals surface area contributed by atoms with Gasteiger partial charge in [0.25, 0.3) is 0 Å². The van der Waals surface area contributed by atoms with Crippen molar-refractivity contribution in [1.29, 1.82) is 0 Å². The van der Waals surface area contributed by atoms with Gasteiger partial charge in [0.1, 0.15) is 5.75 Å². The third-order valence-corrected chi connectivity index (χ3v) is 4.83. The number of carbonyl (C=O) groups is 1. The summed E-state index contributed by atoms with van der Waals surface area (Å²) in [6, 6.07) is 6.35. The number of hydrogen-bond acceptors (Lipinski definition) is 3. The van der Waals surface area contributed by atoms with Crippen LogP contribution in [0.2, 0.25) is 0 Å². The number of carboxylic acid groups (broad SMARTS) is 1. The van der Waals surface area contributed by atoms with E-state index in [0.717, 1.165) is 37.2 Å². The van der Waals surface area contributed by atoms with Crippen molar-refractivity contribution >= 4 is 5.97 Å². The Hall–Kier alpha value is -1.55. The van der Waals surface area contributed by atoms with E-state index in [1.165, 1.54) is 5.56 Å². The van der Waals surface area contributed by atoms with Crippen LogP contribution in [0.15, 0.2) is 18.2 Å². The van der Waals surface area contributed by atoms with Crippen LogP contribution in [0, 0.1) is 0 Å². The molecule has 21 heavy (non-hydrogen) atoms. The van der Waals surface area contributed by atoms with Crippen LogP contribution in [0.1, 0.15) is 50.7 Å². The molecular formula is C17H23NO3. The fourth-order valence-corrected chi connectivity index (χ4v) is 3.29. The fourth-order valence-electron chi connectivity index (χ4n) is 3.29. The number of nitrogens with one attached hydrogen (secondary N) is 1. The van der Waals surface area contributed by atoms with Crippen molar-refractivity contribution in [1.82, 2.24) is 5.32 Å². The molecule has 1 fully saturated rings. The van der Waals surface area contributed by atoms with Crippen LogP contribution in [0.25, 0.3) is 0 Å². The second-order valence-electron chi connectivity index (χ2n) is 7.06. The van der Waals surface area contributed by atoms with Gasteiger partial charge in [-0.2, -0.15) is 0 Å². The van der Waals surface area contributed by atoms with Gasteiger partial charge in [-0.1, -0.05) is 26.0 Å². The highest BCUT2D eigenvalue weighted by Crippen LogP contribution is 2.39. The monoisotopic (exact) mass is 289 g/mol. The zero-order chi connectivity index (χ0) is 15.1. The van der Waals surface area contributed by atoms with E-state index >= 15 is 0 Å². The van der Waals surface area contributed by atoms with Gasteiger partial charge in [-0.05, 0) is 30.9 Å². The van der Waals surface area contributed by atoms with Crippen LogP contribution < -0.4 is 10.1 Å². The lowest BCUT2D eigenvalue weighted by molar-refractivity contribution is -0.139. The summed E-state index contributed by atoms with van der Waals surface area (Å²) in [5, 5.41) is 12.5. The van der Waals surface area contributed by atoms with Crippen molar-refractivity contribution in [2.45, 2.75) is 57.0 Å². The Morgan fingerprint density at radius 2 is 2.14 bits per heavy atom. The molecule has 0 bridgehead atoms. The quantitative estimate of drug-likeness (QED) is 0.875. The molecule has 0 aromatic heterocycles. The first-order valence-corrected chi connectivity index (χ1v) is 7.63. The molecule has 1 aliphatic heterocycles. The Kier molecular flexibility index (Phi) is 3.44. The summed E-state index contributed by atoms with van der Waals surface area (Å²) in [6.45, 7) is 5.80. The minimum atomic E-state index is -0.721. The predicted octanol–water partition coefficient (Wildman–Crippen LogP) is 2.84. The number of hydrogen-bond donors (Lipinski definition) is 2. The SMILES string of the molecule is CC1(C)COc2cc(CNC3(CC(=O)O)CCC3)ccc21. The summed E-state index contributed by atoms with van der Waals surface area (Å²) in [5.41, 5.74) is 2.29. The molecule has 0 unspecified atom stereocenters. The van der Waals surface area contributed by atoms with E-state index in [1.54, 1.807) is 0 Å². The molecule has 3 rings (SSSR count). The highest BCUT2D eigenvalue weighted by Gasteiger charge is 2.38. The summed E-state index contributed by atoms with van der Waals surface area (Å²) in [5.74, 6) is 0.251. The third-order valence-electron chi connectivity index (χ3n) is 4.83. The van der Waals surface area contributed by atoms with Crippen LogP contribution in [0.4, 0.5) is 0 Å². The molecule has 0 atom stereocenters. The summed E-state index contributed by atoms with van der Waals surface area (Å²) in [7, 11) is 0. The predicted molar refractivity (Wildman–Crippen MR) is 80.6 cm³/mol. The normalized spacial score (nSPS) is 21.2. The number of aliphatic carboxylic acids is 1. The van der Waals surface area contributed by atoms with Gasteiger partial charge < -0.3 is 15.2 Å². The zero-order valence-electron chi connectivity index (χ0n) is 12.7. The van der Waals surface area contributed by atoms with Crippen LogP contribution >= 0.6 is 0 Å². The maximum atomic E-state index is 11.0. The first-order chi connectivity index (χ1) is 9.90. The molecule has 1 aromatic rings. The van der Waals surface area contributed by atoms with Crippen molar-refractivity contribution < 1.29 is 14.6 Å². The second kappa shape index (κ2) is 5.02. The van der Waals surface area contributed by atoms with Crippen molar-refractivity contribution in [2.75, 3.05) is 6.61 Å². The molecule has 0 amide bonds. The van der Waals surface area contributed by atoms with Gasteiger partial charge in [0, 0.05) is 23.1 Å². The van der Waals surface area contributed by atoms with Crippen molar-refractivity contribution in [3.8, 4) is 5.75 Å². The standard InChI is InChI=1S/C17H23NO3/c1-16(2)11-21-14-8-12(4-5-13(14)16)10-18-17(6-3-7-17)9-15(19)20/h4-5,8,18H,3,6-7,9-11H2,1-2H3,(H,19,20). The van der Waals surface area contributed by atoms with E-state index in [9.17, 15) is 4.79 Å². The molecule has 1 saturated carbocycles. The Morgan fingerprint density at radius 3 is 2.76 bits per heavy atom. The third kappa shape index (κ3) is 2.77. The lowest BCUT2D eigenvalue weighted by Gasteiger charge is -2.42. The van der Waals surface area contributed by atoms with E-state index < -0.39 is 5.97 Å². The fraction of sp³-hybridized carbons (Fsp3) is 0.588. The Morgan fingerprint density at radius 1 is 1.38 bits per heavy atom. The molecule has 4 nitrogen and oxygen atoms in total. The number of ether oxygens (including phenoxy) is 1. The highest BCUT2D eigenvalue weighted by molar-refractivity contribution is 5.68. The largest absolute Gasteiger partial charge is 0.492 e. The van der Waals surface area contributed by atoms with Crippen LogP contribution in [-0.2, 0) is 16.8 Å². The van der Waals surface area contributed by atoms with Gasteiger partial charge in [0.2, 0.25) is 0 Å². The molecule has 0 saturated heterocycles. The van der Waals surface area contributed by atoms with Crippen LogP contribution in [-0.4, -0.2) is 23.2 Å². The average Bonchev–Trinajstić information content (AvgIpc) is 2.68. The Bertz CT molecular complexity index is 561. The average molecular weight is 289 g/mol. The number of fused-ring (bicyclic) bond motifs is 1. The van der Waals surface area contributed by atoms with Crippen molar-refractivity contribution in [2.24, 2.45) is 0 Å². The molecule has 1 aromatic carbocycles. The molecule has 0 spiro atoms. The summed E-state index contributed by atoms with van der Waals surface area (Å²) < 4.78 is 5.77. The van der Waals surface area contributed by atoms with Crippen LogP contribution in [0.3, 0.4) is 0 Å². The lowest BCUT2D eigenvalue weighted by Crippen LogP contribution is -2.51. The maximum absolute atomic E-state index is 11.0. The van der Waals surface area contributed by atoms with E-state index in [4.69, 9.17) is 9.84 Å².